The molecule has 0 atom stereocenters. The minimum Gasteiger partial charge on any atom is -0.411 e. The minimum absolute atomic E-state index is 0.0418. The first-order valence-electron chi connectivity index (χ1n) is 3.06. The normalized spacial score (nSPS) is 14.8. The van der Waals surface area contributed by atoms with Gasteiger partial charge in [0.25, 0.3) is 0 Å². The maximum Gasteiger partial charge on any atom is 0.398 e. The molecule has 0 aromatic carbocycles. The highest BCUT2D eigenvalue weighted by Crippen LogP contribution is 2.14. The van der Waals surface area contributed by atoms with Crippen LogP contribution in [0.25, 0.3) is 0 Å². The zero-order valence-corrected chi connectivity index (χ0v) is 7.79. The first kappa shape index (κ1) is 11.3. The van der Waals surface area contributed by atoms with Gasteiger partial charge in [0.15, 0.2) is 0 Å². The summed E-state index contributed by atoms with van der Waals surface area (Å²) < 4.78 is 33.1. The van der Waals surface area contributed by atoms with Crippen LogP contribution in [0.4, 0.5) is 0 Å². The third-order valence-corrected chi connectivity index (χ3v) is 1.96. The first-order chi connectivity index (χ1) is 5.19. The first-order valence-corrected chi connectivity index (χ1v) is 4.43. The smallest absolute Gasteiger partial charge is 0.398 e. The predicted octanol–water partition coefficient (Wildman–Crippen LogP) is 0.435. The van der Waals surface area contributed by atoms with Crippen molar-refractivity contribution >= 4 is 16.1 Å². The van der Waals surface area contributed by atoms with E-state index in [9.17, 15) is 8.42 Å². The van der Waals surface area contributed by atoms with Gasteiger partial charge in [0.05, 0.1) is 5.71 Å². The van der Waals surface area contributed by atoms with Crippen LogP contribution in [0.1, 0.15) is 20.8 Å². The van der Waals surface area contributed by atoms with Crippen LogP contribution < -0.4 is 0 Å². The van der Waals surface area contributed by atoms with Crippen molar-refractivity contribution in [3.63, 3.8) is 0 Å². The summed E-state index contributed by atoms with van der Waals surface area (Å²) in [6, 6.07) is 0. The Balaban J connectivity index is 4.67. The largest absolute Gasteiger partial charge is 0.411 e. The fourth-order valence-corrected chi connectivity index (χ4v) is 1.09. The number of hydrogen-bond acceptors (Lipinski definition) is 5. The molecule has 0 heterocycles. The van der Waals surface area contributed by atoms with E-state index < -0.39 is 16.0 Å². The summed E-state index contributed by atoms with van der Waals surface area (Å²) in [4.78, 5) is 0. The van der Waals surface area contributed by atoms with Crippen molar-refractivity contribution in [2.45, 2.75) is 26.4 Å². The molecule has 2 N–H and O–H groups in total. The Labute approximate surface area is 70.8 Å². The molecule has 0 aromatic heterocycles. The molecule has 0 aliphatic rings. The van der Waals surface area contributed by atoms with Crippen molar-refractivity contribution in [3.8, 4) is 0 Å². The maximum absolute atomic E-state index is 10.3. The molecule has 0 aliphatic carbocycles. The molecular formula is C5H11NO5S. The monoisotopic (exact) mass is 197 g/mol. The Morgan fingerprint density at radius 2 is 1.92 bits per heavy atom. The van der Waals surface area contributed by atoms with Crippen molar-refractivity contribution in [2.24, 2.45) is 5.16 Å². The highest BCUT2D eigenvalue weighted by atomic mass is 32.3. The third kappa shape index (κ3) is 3.65. The molecule has 7 heteroatoms. The van der Waals surface area contributed by atoms with E-state index in [-0.39, 0.29) is 5.71 Å². The molecule has 0 radical (unpaired) electrons. The summed E-state index contributed by atoms with van der Waals surface area (Å²) in [5, 5.41) is 11.1. The quantitative estimate of drug-likeness (QED) is 0.296. The Morgan fingerprint density at radius 1 is 1.50 bits per heavy atom. The van der Waals surface area contributed by atoms with Crippen LogP contribution in [0.15, 0.2) is 5.16 Å². The zero-order valence-electron chi connectivity index (χ0n) is 6.97. The topological polar surface area (TPSA) is 96.2 Å². The highest BCUT2D eigenvalue weighted by molar-refractivity contribution is 7.81. The molecule has 0 unspecified atom stereocenters. The SMILES string of the molecule is CC(=NO)C(C)(C)OS(=O)(=O)O. The average molecular weight is 197 g/mol. The van der Waals surface area contributed by atoms with Gasteiger partial charge in [0.1, 0.15) is 5.60 Å². The van der Waals surface area contributed by atoms with Gasteiger partial charge in [0.2, 0.25) is 0 Å². The molecule has 6 nitrogen and oxygen atoms in total. The van der Waals surface area contributed by atoms with E-state index in [1.54, 1.807) is 0 Å². The summed E-state index contributed by atoms with van der Waals surface area (Å²) in [6.45, 7) is 4.05. The fraction of sp³-hybridized carbons (Fsp3) is 0.800. The second kappa shape index (κ2) is 3.38. The highest BCUT2D eigenvalue weighted by Gasteiger charge is 2.29. The van der Waals surface area contributed by atoms with Gasteiger partial charge in [-0.1, -0.05) is 5.16 Å². The lowest BCUT2D eigenvalue weighted by Crippen LogP contribution is -2.35. The molecule has 0 saturated heterocycles. The lowest BCUT2D eigenvalue weighted by molar-refractivity contribution is 0.158. The van der Waals surface area contributed by atoms with E-state index in [4.69, 9.17) is 9.76 Å². The van der Waals surface area contributed by atoms with Crippen molar-refractivity contribution in [1.82, 2.24) is 0 Å². The number of oxime groups is 1. The molecule has 72 valence electrons. The summed E-state index contributed by atoms with van der Waals surface area (Å²) in [5.41, 5.74) is -1.30. The van der Waals surface area contributed by atoms with Crippen LogP contribution in [-0.4, -0.2) is 29.5 Å². The van der Waals surface area contributed by atoms with Crippen LogP contribution in [0.5, 0.6) is 0 Å². The van der Waals surface area contributed by atoms with Crippen molar-refractivity contribution in [2.75, 3.05) is 0 Å². The maximum atomic E-state index is 10.3. The zero-order chi connectivity index (χ0) is 9.99. The molecule has 0 amide bonds. The van der Waals surface area contributed by atoms with Crippen LogP contribution in [-0.2, 0) is 14.6 Å². The Bertz CT molecular complexity index is 278. The van der Waals surface area contributed by atoms with Gasteiger partial charge >= 0.3 is 10.4 Å². The van der Waals surface area contributed by atoms with E-state index in [2.05, 4.69) is 9.34 Å². The average Bonchev–Trinajstić information content (AvgIpc) is 1.80. The number of nitrogens with zero attached hydrogens (tertiary/aromatic N) is 1. The summed E-state index contributed by atoms with van der Waals surface area (Å²) in [6.07, 6.45) is 0. The van der Waals surface area contributed by atoms with Crippen LogP contribution >= 0.6 is 0 Å². The van der Waals surface area contributed by atoms with Gasteiger partial charge in [-0.3, -0.25) is 4.55 Å². The van der Waals surface area contributed by atoms with E-state index in [0.29, 0.717) is 0 Å². The van der Waals surface area contributed by atoms with Gasteiger partial charge in [-0.05, 0) is 20.8 Å². The summed E-state index contributed by atoms with van der Waals surface area (Å²) in [5.74, 6) is 0. The molecule has 12 heavy (non-hydrogen) atoms. The molecule has 0 aromatic rings. The van der Waals surface area contributed by atoms with E-state index in [1.807, 2.05) is 0 Å². The Kier molecular flexibility index (Phi) is 3.19. The lowest BCUT2D eigenvalue weighted by Gasteiger charge is -2.20. The number of rotatable bonds is 3. The predicted molar refractivity (Wildman–Crippen MR) is 41.6 cm³/mol. The van der Waals surface area contributed by atoms with Gasteiger partial charge in [-0.25, -0.2) is 4.18 Å². The second-order valence-corrected chi connectivity index (χ2v) is 3.73. The van der Waals surface area contributed by atoms with Crippen molar-refractivity contribution < 1.29 is 22.4 Å². The van der Waals surface area contributed by atoms with Gasteiger partial charge < -0.3 is 5.21 Å². The standard InChI is InChI=1S/C5H11NO5S/c1-4(6-7)5(2,3)11-12(8,9)10/h7H,1-3H3,(H,8,9,10). The molecule has 0 spiro atoms. The molecule has 0 fully saturated rings. The molecule has 0 rings (SSSR count). The van der Waals surface area contributed by atoms with Crippen molar-refractivity contribution in [1.29, 1.82) is 0 Å². The molecule has 0 saturated carbocycles. The van der Waals surface area contributed by atoms with E-state index >= 15 is 0 Å². The molecular weight excluding hydrogens is 186 g/mol. The fourth-order valence-electron chi connectivity index (χ4n) is 0.444. The second-order valence-electron chi connectivity index (χ2n) is 2.71. The van der Waals surface area contributed by atoms with E-state index in [0.717, 1.165) is 0 Å². The third-order valence-electron chi connectivity index (χ3n) is 1.33. The summed E-state index contributed by atoms with van der Waals surface area (Å²) >= 11 is 0. The Morgan fingerprint density at radius 3 is 2.17 bits per heavy atom. The Hall–Kier alpha value is -0.660. The van der Waals surface area contributed by atoms with Gasteiger partial charge in [0, 0.05) is 0 Å². The van der Waals surface area contributed by atoms with Crippen molar-refractivity contribution in [3.05, 3.63) is 0 Å². The van der Waals surface area contributed by atoms with Gasteiger partial charge in [-0.15, -0.1) is 0 Å². The molecule has 0 bridgehead atoms. The van der Waals surface area contributed by atoms with E-state index in [1.165, 1.54) is 20.8 Å². The minimum atomic E-state index is -4.53. The molecule has 0 aliphatic heterocycles. The van der Waals surface area contributed by atoms with Crippen LogP contribution in [0, 0.1) is 0 Å². The number of hydrogen-bond donors (Lipinski definition) is 2. The van der Waals surface area contributed by atoms with Crippen LogP contribution in [0.2, 0.25) is 0 Å². The van der Waals surface area contributed by atoms with Crippen LogP contribution in [0.3, 0.4) is 0 Å². The summed E-state index contributed by atoms with van der Waals surface area (Å²) in [7, 11) is -4.53. The lowest BCUT2D eigenvalue weighted by atomic mass is 10.1. The van der Waals surface area contributed by atoms with Gasteiger partial charge in [-0.2, -0.15) is 8.42 Å².